The second kappa shape index (κ2) is 7.97. The number of amides is 1. The van der Waals surface area contributed by atoms with E-state index in [1.807, 2.05) is 0 Å². The zero-order chi connectivity index (χ0) is 26.6. The lowest BCUT2D eigenvalue weighted by Gasteiger charge is -2.39. The molecule has 0 saturated carbocycles. The van der Waals surface area contributed by atoms with Gasteiger partial charge < -0.3 is 5.32 Å². The molecular formula is C14H4ClF16NO. The van der Waals surface area contributed by atoms with E-state index in [4.69, 9.17) is 11.6 Å². The minimum atomic E-state index is -8.24. The van der Waals surface area contributed by atoms with Gasteiger partial charge in [0.15, 0.2) is 0 Å². The highest BCUT2D eigenvalue weighted by atomic mass is 35.5. The van der Waals surface area contributed by atoms with Gasteiger partial charge in [0.1, 0.15) is 0 Å². The summed E-state index contributed by atoms with van der Waals surface area (Å²) in [6, 6.07) is 0.112. The summed E-state index contributed by atoms with van der Waals surface area (Å²) in [5.41, 5.74) is -3.39. The van der Waals surface area contributed by atoms with Gasteiger partial charge in [0.25, 0.3) is 0 Å². The summed E-state index contributed by atoms with van der Waals surface area (Å²) in [5.74, 6) is -43.4. The molecule has 19 heteroatoms. The summed E-state index contributed by atoms with van der Waals surface area (Å²) in [5, 5.41) is -0.642. The maximum absolute atomic E-state index is 13.7. The van der Waals surface area contributed by atoms with Crippen molar-refractivity contribution >= 4 is 23.2 Å². The van der Waals surface area contributed by atoms with Crippen LogP contribution in [0.5, 0.6) is 0 Å². The van der Waals surface area contributed by atoms with E-state index >= 15 is 0 Å². The summed E-state index contributed by atoms with van der Waals surface area (Å²) in [7, 11) is 0. The summed E-state index contributed by atoms with van der Waals surface area (Å²) in [6.07, 6.45) is -12.9. The highest BCUT2D eigenvalue weighted by Gasteiger charge is 2.91. The standard InChI is InChI=1S/C14H4ClF16NO/c15-5-2-1-4(9(18,19)20)3-6(5)32-7(33)8(16,17)10(21,22)11(23,24)12(25,26)13(27,28)14(29,30)31/h1-3H,(H,32,33). The molecule has 0 unspecified atom stereocenters. The van der Waals surface area contributed by atoms with Gasteiger partial charge in [-0.2, -0.15) is 70.2 Å². The topological polar surface area (TPSA) is 29.1 Å². The van der Waals surface area contributed by atoms with Crippen LogP contribution in [0, 0.1) is 0 Å². The van der Waals surface area contributed by atoms with Gasteiger partial charge in [-0.05, 0) is 18.2 Å². The number of carbonyl (C=O) groups is 1. The van der Waals surface area contributed by atoms with Crippen molar-refractivity contribution in [3.63, 3.8) is 0 Å². The van der Waals surface area contributed by atoms with Crippen LogP contribution in [0.15, 0.2) is 18.2 Å². The highest BCUT2D eigenvalue weighted by molar-refractivity contribution is 6.33. The average molecular weight is 542 g/mol. The van der Waals surface area contributed by atoms with Crippen molar-refractivity contribution in [3.05, 3.63) is 28.8 Å². The molecule has 0 saturated heterocycles. The van der Waals surface area contributed by atoms with Gasteiger partial charge in [0.2, 0.25) is 0 Å². The van der Waals surface area contributed by atoms with E-state index < -0.39 is 64.1 Å². The molecule has 0 heterocycles. The molecule has 0 aliphatic carbocycles. The largest absolute Gasteiger partial charge is 0.460 e. The van der Waals surface area contributed by atoms with E-state index in [1.54, 1.807) is 0 Å². The average Bonchev–Trinajstić information content (AvgIpc) is 2.60. The van der Waals surface area contributed by atoms with Crippen molar-refractivity contribution < 1.29 is 75.0 Å². The summed E-state index contributed by atoms with van der Waals surface area (Å²) < 4.78 is 207. The molecule has 0 radical (unpaired) electrons. The molecule has 1 amide bonds. The molecule has 1 rings (SSSR count). The Morgan fingerprint density at radius 3 is 1.48 bits per heavy atom. The van der Waals surface area contributed by atoms with Gasteiger partial charge in [0.05, 0.1) is 16.3 Å². The van der Waals surface area contributed by atoms with E-state index in [9.17, 15) is 75.0 Å². The fraction of sp³-hybridized carbons (Fsp3) is 0.500. The molecule has 0 aliphatic heterocycles. The van der Waals surface area contributed by atoms with Crippen LogP contribution in [0.4, 0.5) is 75.9 Å². The first-order valence-corrected chi connectivity index (χ1v) is 7.78. The van der Waals surface area contributed by atoms with E-state index in [1.165, 1.54) is 0 Å². The fourth-order valence-corrected chi connectivity index (χ4v) is 2.08. The van der Waals surface area contributed by atoms with E-state index in [2.05, 4.69) is 0 Å². The molecule has 0 bridgehead atoms. The molecule has 0 aromatic heterocycles. The SMILES string of the molecule is O=C(Nc1cc(C(F)(F)F)ccc1Cl)C(F)(F)C(F)(F)C(F)(F)C(F)(F)C(F)(F)C(F)(F)F. The molecule has 1 N–H and O–H groups in total. The lowest BCUT2D eigenvalue weighted by atomic mass is 9.93. The van der Waals surface area contributed by atoms with Gasteiger partial charge in [-0.25, -0.2) is 0 Å². The monoisotopic (exact) mass is 541 g/mol. The Morgan fingerprint density at radius 2 is 1.09 bits per heavy atom. The number of carbonyl (C=O) groups excluding carboxylic acids is 1. The molecule has 0 spiro atoms. The van der Waals surface area contributed by atoms with E-state index in [0.29, 0.717) is 5.32 Å². The number of nitrogens with one attached hydrogen (secondary N) is 1. The van der Waals surface area contributed by atoms with Crippen LogP contribution in [0.1, 0.15) is 5.56 Å². The molecular weight excluding hydrogens is 538 g/mol. The number of hydrogen-bond acceptors (Lipinski definition) is 1. The van der Waals surface area contributed by atoms with Gasteiger partial charge >= 0.3 is 47.9 Å². The van der Waals surface area contributed by atoms with Crippen molar-refractivity contribution in [1.29, 1.82) is 0 Å². The summed E-state index contributed by atoms with van der Waals surface area (Å²) in [6.45, 7) is 0. The van der Waals surface area contributed by atoms with Gasteiger partial charge in [0, 0.05) is 0 Å². The molecule has 190 valence electrons. The quantitative estimate of drug-likeness (QED) is 0.385. The number of anilines is 1. The maximum atomic E-state index is 13.7. The first-order chi connectivity index (χ1) is 14.3. The van der Waals surface area contributed by atoms with E-state index in [-0.39, 0.29) is 18.2 Å². The van der Waals surface area contributed by atoms with Crippen molar-refractivity contribution in [2.75, 3.05) is 5.32 Å². The van der Waals surface area contributed by atoms with Crippen molar-refractivity contribution in [3.8, 4) is 0 Å². The van der Waals surface area contributed by atoms with Crippen LogP contribution in [-0.2, 0) is 11.0 Å². The Morgan fingerprint density at radius 1 is 0.667 bits per heavy atom. The lowest BCUT2D eigenvalue weighted by Crippen LogP contribution is -2.71. The Hall–Kier alpha value is -2.14. The molecule has 1 aromatic carbocycles. The fourth-order valence-electron chi connectivity index (χ4n) is 1.91. The van der Waals surface area contributed by atoms with Crippen molar-refractivity contribution in [2.24, 2.45) is 0 Å². The number of rotatable bonds is 6. The van der Waals surface area contributed by atoms with Gasteiger partial charge in [-0.1, -0.05) is 11.6 Å². The molecule has 0 fully saturated rings. The van der Waals surface area contributed by atoms with Crippen LogP contribution in [0.3, 0.4) is 0 Å². The normalized spacial score (nSPS) is 14.9. The predicted molar refractivity (Wildman–Crippen MR) is 75.9 cm³/mol. The third-order valence-corrected chi connectivity index (χ3v) is 4.09. The second-order valence-corrected chi connectivity index (χ2v) is 6.42. The van der Waals surface area contributed by atoms with Crippen LogP contribution in [0.2, 0.25) is 5.02 Å². The number of benzene rings is 1. The van der Waals surface area contributed by atoms with Gasteiger partial charge in [-0.3, -0.25) is 4.79 Å². The smallest absolute Gasteiger partial charge is 0.319 e. The first kappa shape index (κ1) is 28.9. The summed E-state index contributed by atoms with van der Waals surface area (Å²) >= 11 is 5.22. The summed E-state index contributed by atoms with van der Waals surface area (Å²) in [4.78, 5) is 11.3. The third-order valence-electron chi connectivity index (χ3n) is 3.76. The molecule has 1 aromatic rings. The maximum Gasteiger partial charge on any atom is 0.460 e. The van der Waals surface area contributed by atoms with Crippen LogP contribution in [-0.4, -0.2) is 41.7 Å². The third kappa shape index (κ3) is 4.49. The lowest BCUT2D eigenvalue weighted by molar-refractivity contribution is -0.435. The minimum absolute atomic E-state index is 0.165. The zero-order valence-electron chi connectivity index (χ0n) is 14.6. The van der Waals surface area contributed by atoms with E-state index in [0.717, 1.165) is 0 Å². The first-order valence-electron chi connectivity index (χ1n) is 7.40. The van der Waals surface area contributed by atoms with Crippen LogP contribution in [0.25, 0.3) is 0 Å². The second-order valence-electron chi connectivity index (χ2n) is 6.02. The Balaban J connectivity index is 3.48. The van der Waals surface area contributed by atoms with Crippen LogP contribution < -0.4 is 5.32 Å². The Labute approximate surface area is 175 Å². The van der Waals surface area contributed by atoms with Crippen LogP contribution >= 0.6 is 11.6 Å². The predicted octanol–water partition coefficient (Wildman–Crippen LogP) is 7.04. The highest BCUT2D eigenvalue weighted by Crippen LogP contribution is 2.60. The van der Waals surface area contributed by atoms with Crippen molar-refractivity contribution in [1.82, 2.24) is 0 Å². The van der Waals surface area contributed by atoms with Gasteiger partial charge in [-0.15, -0.1) is 0 Å². The minimum Gasteiger partial charge on any atom is -0.319 e. The zero-order valence-corrected chi connectivity index (χ0v) is 15.3. The van der Waals surface area contributed by atoms with Crippen molar-refractivity contribution in [2.45, 2.75) is 42.0 Å². The Bertz CT molecular complexity index is 903. The Kier molecular flexibility index (Phi) is 6.98. The molecule has 0 aliphatic rings. The molecule has 0 atom stereocenters. The number of halogens is 17. The molecule has 2 nitrogen and oxygen atoms in total. The number of alkyl halides is 16. The number of hydrogen-bond donors (Lipinski definition) is 1. The molecule has 33 heavy (non-hydrogen) atoms.